The Balaban J connectivity index is 0.975. The first-order chi connectivity index (χ1) is 21.7. The van der Waals surface area contributed by atoms with Crippen LogP contribution in [0.2, 0.25) is 0 Å². The summed E-state index contributed by atoms with van der Waals surface area (Å²) in [4.78, 5) is 20.3. The fourth-order valence-corrected chi connectivity index (χ4v) is 11.5. The van der Waals surface area contributed by atoms with Gasteiger partial charge in [0, 0.05) is 29.3 Å². The van der Waals surface area contributed by atoms with Crippen LogP contribution in [0.5, 0.6) is 0 Å². The average Bonchev–Trinajstić information content (AvgIpc) is 3.91. The molecule has 9 rings (SSSR count). The normalized spacial score (nSPS) is 11.6. The number of fused-ring (bicyclic) bond motifs is 2. The van der Waals surface area contributed by atoms with E-state index in [9.17, 15) is 0 Å². The Morgan fingerprint density at radius 1 is 0.318 bits per heavy atom. The fourth-order valence-electron chi connectivity index (χ4n) is 5.19. The van der Waals surface area contributed by atoms with Gasteiger partial charge in [0.25, 0.3) is 0 Å². The van der Waals surface area contributed by atoms with Gasteiger partial charge in [0.15, 0.2) is 0 Å². The maximum Gasteiger partial charge on any atom is 0.134 e. The molecule has 0 fully saturated rings. The Bertz CT molecular complexity index is 2180. The van der Waals surface area contributed by atoms with Gasteiger partial charge in [-0.05, 0) is 71.8 Å². The molecule has 0 N–H and O–H groups in total. The minimum atomic E-state index is 1.05. The summed E-state index contributed by atoms with van der Waals surface area (Å²) in [6.07, 6.45) is 0. The standard InChI is InChI=1S/C36H20N2S6/c1-3-7-21(8-4-1)25-11-13-27(39-25)29-15-17-31(41-29)35-37-23-19-34-24(20-33(23)43-35)38-36(44-34)32-18-16-30(42-32)28-14-12-26(40-28)22-9-5-2-6-10-22/h1-20H. The monoisotopic (exact) mass is 672 g/mol. The van der Waals surface area contributed by atoms with Crippen LogP contribution in [0.25, 0.3) is 80.6 Å². The molecule has 8 heteroatoms. The van der Waals surface area contributed by atoms with Gasteiger partial charge in [-0.15, -0.1) is 68.0 Å². The first-order valence-electron chi connectivity index (χ1n) is 14.0. The quantitative estimate of drug-likeness (QED) is 0.176. The fraction of sp³-hybridized carbons (Fsp3) is 0. The van der Waals surface area contributed by atoms with E-state index in [0.29, 0.717) is 0 Å². The van der Waals surface area contributed by atoms with Crippen molar-refractivity contribution >= 4 is 88.5 Å². The summed E-state index contributed by atoms with van der Waals surface area (Å²) in [6, 6.07) is 43.4. The zero-order chi connectivity index (χ0) is 29.0. The average molecular weight is 673 g/mol. The van der Waals surface area contributed by atoms with Gasteiger partial charge in [0.1, 0.15) is 10.0 Å². The number of hydrogen-bond donors (Lipinski definition) is 0. The number of rotatable bonds is 6. The van der Waals surface area contributed by atoms with E-state index in [4.69, 9.17) is 9.97 Å². The van der Waals surface area contributed by atoms with E-state index in [1.54, 1.807) is 22.7 Å². The predicted molar refractivity (Wildman–Crippen MR) is 197 cm³/mol. The third-order valence-corrected chi connectivity index (χ3v) is 14.6. The van der Waals surface area contributed by atoms with Crippen molar-refractivity contribution in [1.82, 2.24) is 9.97 Å². The van der Waals surface area contributed by atoms with Crippen molar-refractivity contribution in [2.45, 2.75) is 0 Å². The van der Waals surface area contributed by atoms with E-state index in [1.807, 2.05) is 45.3 Å². The molecule has 0 spiro atoms. The van der Waals surface area contributed by atoms with Crippen LogP contribution in [0.3, 0.4) is 0 Å². The largest absolute Gasteiger partial charge is 0.235 e. The Hall–Kier alpha value is -3.76. The zero-order valence-corrected chi connectivity index (χ0v) is 27.8. The molecular weight excluding hydrogens is 653 g/mol. The highest BCUT2D eigenvalue weighted by Gasteiger charge is 2.16. The van der Waals surface area contributed by atoms with Crippen LogP contribution in [-0.4, -0.2) is 9.97 Å². The minimum absolute atomic E-state index is 1.05. The summed E-state index contributed by atoms with van der Waals surface area (Å²) < 4.78 is 2.36. The molecule has 0 bridgehead atoms. The zero-order valence-electron chi connectivity index (χ0n) is 22.9. The molecule has 0 atom stereocenters. The molecule has 0 aliphatic carbocycles. The first kappa shape index (κ1) is 26.6. The number of nitrogens with zero attached hydrogens (tertiary/aromatic N) is 2. The van der Waals surface area contributed by atoms with E-state index in [-0.39, 0.29) is 0 Å². The molecule has 0 amide bonds. The summed E-state index contributed by atoms with van der Waals surface area (Å²) in [6.45, 7) is 0. The van der Waals surface area contributed by atoms with Gasteiger partial charge in [-0.25, -0.2) is 9.97 Å². The molecule has 9 aromatic rings. The van der Waals surface area contributed by atoms with Crippen LogP contribution in [0, 0.1) is 0 Å². The molecular formula is C36H20N2S6. The van der Waals surface area contributed by atoms with E-state index < -0.39 is 0 Å². The lowest BCUT2D eigenvalue weighted by molar-refractivity contribution is 1.49. The molecule has 44 heavy (non-hydrogen) atoms. The van der Waals surface area contributed by atoms with E-state index in [2.05, 4.69) is 121 Å². The molecule has 0 aliphatic rings. The van der Waals surface area contributed by atoms with Crippen molar-refractivity contribution in [3.05, 3.63) is 121 Å². The van der Waals surface area contributed by atoms with Crippen molar-refractivity contribution in [3.63, 3.8) is 0 Å². The van der Waals surface area contributed by atoms with Crippen molar-refractivity contribution in [1.29, 1.82) is 0 Å². The molecule has 0 saturated carbocycles. The van der Waals surface area contributed by atoms with Gasteiger partial charge in [-0.1, -0.05) is 60.7 Å². The Kier molecular flexibility index (Phi) is 6.65. The molecule has 2 nitrogen and oxygen atoms in total. The van der Waals surface area contributed by atoms with Gasteiger partial charge < -0.3 is 0 Å². The molecule has 0 saturated heterocycles. The Labute approximate surface area is 277 Å². The Morgan fingerprint density at radius 2 is 0.659 bits per heavy atom. The van der Waals surface area contributed by atoms with Crippen LogP contribution < -0.4 is 0 Å². The summed E-state index contributed by atoms with van der Waals surface area (Å²) in [7, 11) is 0. The number of aromatic nitrogens is 2. The van der Waals surface area contributed by atoms with Crippen LogP contribution in [0.1, 0.15) is 0 Å². The molecule has 0 unspecified atom stereocenters. The Morgan fingerprint density at radius 3 is 1.07 bits per heavy atom. The lowest BCUT2D eigenvalue weighted by Gasteiger charge is -1.95. The number of benzene rings is 3. The summed E-state index contributed by atoms with van der Waals surface area (Å²) in [5.74, 6) is 0. The first-order valence-corrected chi connectivity index (χ1v) is 18.9. The third-order valence-electron chi connectivity index (χ3n) is 7.35. The maximum absolute atomic E-state index is 5.06. The second-order valence-corrected chi connectivity index (χ2v) is 16.6. The summed E-state index contributed by atoms with van der Waals surface area (Å²) >= 11 is 10.8. The molecule has 0 aliphatic heterocycles. The van der Waals surface area contributed by atoms with Crippen LogP contribution in [0.15, 0.2) is 121 Å². The number of thiophene rings is 4. The van der Waals surface area contributed by atoms with E-state index >= 15 is 0 Å². The lowest BCUT2D eigenvalue weighted by atomic mass is 10.2. The topological polar surface area (TPSA) is 25.8 Å². The second-order valence-electron chi connectivity index (χ2n) is 10.2. The van der Waals surface area contributed by atoms with Crippen LogP contribution >= 0.6 is 68.0 Å². The second kappa shape index (κ2) is 11.0. The predicted octanol–water partition coefficient (Wildman–Crippen LogP) is 13.2. The molecule has 3 aromatic carbocycles. The molecule has 6 heterocycles. The third kappa shape index (κ3) is 4.88. The highest BCUT2D eigenvalue weighted by atomic mass is 32.1. The van der Waals surface area contributed by atoms with Crippen LogP contribution in [0.4, 0.5) is 0 Å². The van der Waals surface area contributed by atoms with Crippen molar-refractivity contribution in [2.24, 2.45) is 0 Å². The molecule has 6 aromatic heterocycles. The SMILES string of the molecule is c1ccc(-c2ccc(-c3ccc(-c4nc5cc6sc(-c7ccc(-c8ccc(-c9ccccc9)s8)s7)nc6cc5s4)s3)s2)cc1. The van der Waals surface area contributed by atoms with E-state index in [0.717, 1.165) is 21.0 Å². The van der Waals surface area contributed by atoms with E-state index in [1.165, 1.54) is 59.5 Å². The smallest absolute Gasteiger partial charge is 0.134 e. The van der Waals surface area contributed by atoms with Gasteiger partial charge in [0.2, 0.25) is 0 Å². The summed E-state index contributed by atoms with van der Waals surface area (Å²) in [5, 5.41) is 2.14. The number of hydrogen-bond acceptors (Lipinski definition) is 8. The maximum atomic E-state index is 5.06. The van der Waals surface area contributed by atoms with Crippen molar-refractivity contribution < 1.29 is 0 Å². The molecule has 0 radical (unpaired) electrons. The van der Waals surface area contributed by atoms with Crippen molar-refractivity contribution in [3.8, 4) is 60.2 Å². The highest BCUT2D eigenvalue weighted by molar-refractivity contribution is 7.30. The van der Waals surface area contributed by atoms with Gasteiger partial charge >= 0.3 is 0 Å². The van der Waals surface area contributed by atoms with Gasteiger partial charge in [0.05, 0.1) is 30.2 Å². The summed E-state index contributed by atoms with van der Waals surface area (Å²) in [5.41, 5.74) is 4.62. The highest BCUT2D eigenvalue weighted by Crippen LogP contribution is 2.45. The van der Waals surface area contributed by atoms with Crippen LogP contribution in [-0.2, 0) is 0 Å². The van der Waals surface area contributed by atoms with Gasteiger partial charge in [-0.2, -0.15) is 0 Å². The lowest BCUT2D eigenvalue weighted by Crippen LogP contribution is -1.71. The minimum Gasteiger partial charge on any atom is -0.235 e. The molecule has 210 valence electrons. The number of thiazole rings is 2. The van der Waals surface area contributed by atoms with Gasteiger partial charge in [-0.3, -0.25) is 0 Å². The van der Waals surface area contributed by atoms with Crippen molar-refractivity contribution in [2.75, 3.05) is 0 Å².